The predicted molar refractivity (Wildman–Crippen MR) is 127 cm³/mol. The molecule has 1 aliphatic rings. The van der Waals surface area contributed by atoms with Crippen LogP contribution in [0.4, 0.5) is 10.2 Å². The fourth-order valence-corrected chi connectivity index (χ4v) is 4.66. The minimum Gasteiger partial charge on any atom is -0.356 e. The Morgan fingerprint density at radius 2 is 2.00 bits per heavy atom. The molecule has 0 unspecified atom stereocenters. The number of aryl methyl sites for hydroxylation is 2. The molecule has 1 fully saturated rings. The molecule has 170 valence electrons. The third-order valence-electron chi connectivity index (χ3n) is 6.40. The van der Waals surface area contributed by atoms with E-state index in [0.29, 0.717) is 39.2 Å². The molecule has 0 bridgehead atoms. The number of hydrogen-bond acceptors (Lipinski definition) is 5. The van der Waals surface area contributed by atoms with Crippen molar-refractivity contribution >= 4 is 28.3 Å². The summed E-state index contributed by atoms with van der Waals surface area (Å²) in [4.78, 5) is 24.8. The number of hydrogen-bond donors (Lipinski definition) is 0. The summed E-state index contributed by atoms with van der Waals surface area (Å²) in [6, 6.07) is 6.25. The summed E-state index contributed by atoms with van der Waals surface area (Å²) in [7, 11) is 3.60. The highest BCUT2D eigenvalue weighted by Gasteiger charge is 2.25. The zero-order valence-electron chi connectivity index (χ0n) is 18.7. The molecule has 4 heterocycles. The van der Waals surface area contributed by atoms with Crippen LogP contribution in [0.15, 0.2) is 41.5 Å². The summed E-state index contributed by atoms with van der Waals surface area (Å²) in [6.07, 6.45) is 5.98. The minimum atomic E-state index is -0.500. The van der Waals surface area contributed by atoms with E-state index in [1.54, 1.807) is 32.2 Å². The topological polar surface area (TPSA) is 68.8 Å². The van der Waals surface area contributed by atoms with Crippen LogP contribution < -0.4 is 10.5 Å². The molecule has 0 spiro atoms. The van der Waals surface area contributed by atoms with Gasteiger partial charge in [-0.1, -0.05) is 11.6 Å². The number of benzene rings is 1. The standard InChI is InChI=1S/C24H24ClFN6O/c1-14-28-23-19(24(33)31(14)3)10-21(29-22(23)18-7-6-17(25)9-20(18)26)32-8-4-5-15(13-32)16-11-27-30(2)12-16/h6-7,9-12,15H,4-5,8,13H2,1-3H3/t15-/m1/s1. The fourth-order valence-electron chi connectivity index (χ4n) is 4.51. The number of pyridine rings is 1. The Morgan fingerprint density at radius 1 is 1.18 bits per heavy atom. The Balaban J connectivity index is 1.67. The van der Waals surface area contributed by atoms with E-state index in [0.717, 1.165) is 25.9 Å². The van der Waals surface area contributed by atoms with Gasteiger partial charge in [-0.15, -0.1) is 0 Å². The van der Waals surface area contributed by atoms with Crippen molar-refractivity contribution in [2.45, 2.75) is 25.7 Å². The van der Waals surface area contributed by atoms with Gasteiger partial charge < -0.3 is 4.90 Å². The lowest BCUT2D eigenvalue weighted by Crippen LogP contribution is -2.35. The normalized spacial score (nSPS) is 16.5. The SMILES string of the molecule is Cc1nc2c(-c3ccc(Cl)cc3F)nc(N3CCC[C@@H](c4cnn(C)c4)C3)cc2c(=O)n1C. The van der Waals surface area contributed by atoms with Gasteiger partial charge in [-0.25, -0.2) is 14.4 Å². The zero-order chi connectivity index (χ0) is 23.3. The molecule has 0 amide bonds. The van der Waals surface area contributed by atoms with E-state index < -0.39 is 5.82 Å². The first-order chi connectivity index (χ1) is 15.8. The van der Waals surface area contributed by atoms with Gasteiger partial charge >= 0.3 is 0 Å². The maximum absolute atomic E-state index is 14.9. The molecule has 1 saturated heterocycles. The van der Waals surface area contributed by atoms with Crippen LogP contribution in [0.3, 0.4) is 0 Å². The van der Waals surface area contributed by atoms with Crippen molar-refractivity contribution in [1.82, 2.24) is 24.3 Å². The summed E-state index contributed by atoms with van der Waals surface area (Å²) in [5.41, 5.74) is 2.01. The van der Waals surface area contributed by atoms with Crippen LogP contribution in [0.25, 0.3) is 22.2 Å². The summed E-state index contributed by atoms with van der Waals surface area (Å²) in [5.74, 6) is 0.982. The van der Waals surface area contributed by atoms with E-state index in [1.165, 1.54) is 16.2 Å². The summed E-state index contributed by atoms with van der Waals surface area (Å²) < 4.78 is 18.3. The highest BCUT2D eigenvalue weighted by molar-refractivity contribution is 6.30. The van der Waals surface area contributed by atoms with Crippen molar-refractivity contribution in [2.24, 2.45) is 14.1 Å². The lowest BCUT2D eigenvalue weighted by atomic mass is 9.93. The van der Waals surface area contributed by atoms with Crippen molar-refractivity contribution in [2.75, 3.05) is 18.0 Å². The Bertz CT molecular complexity index is 1430. The van der Waals surface area contributed by atoms with Gasteiger partial charge in [-0.2, -0.15) is 5.10 Å². The van der Waals surface area contributed by atoms with Gasteiger partial charge in [0.05, 0.1) is 11.6 Å². The number of piperidine rings is 1. The Morgan fingerprint density at radius 3 is 2.73 bits per heavy atom. The van der Waals surface area contributed by atoms with Gasteiger partial charge in [0.2, 0.25) is 0 Å². The second-order valence-electron chi connectivity index (χ2n) is 8.61. The van der Waals surface area contributed by atoms with E-state index in [9.17, 15) is 9.18 Å². The lowest BCUT2D eigenvalue weighted by Gasteiger charge is -2.33. The summed E-state index contributed by atoms with van der Waals surface area (Å²) in [5, 5.41) is 5.02. The van der Waals surface area contributed by atoms with E-state index >= 15 is 0 Å². The molecule has 0 aliphatic carbocycles. The molecule has 7 nitrogen and oxygen atoms in total. The van der Waals surface area contributed by atoms with Gasteiger partial charge in [0, 0.05) is 49.9 Å². The molecule has 3 aromatic heterocycles. The maximum atomic E-state index is 14.9. The molecule has 4 aromatic rings. The Labute approximate surface area is 195 Å². The second kappa shape index (κ2) is 8.26. The van der Waals surface area contributed by atoms with Crippen LogP contribution in [0.2, 0.25) is 5.02 Å². The predicted octanol–water partition coefficient (Wildman–Crippen LogP) is 4.21. The van der Waals surface area contributed by atoms with Gasteiger partial charge in [0.15, 0.2) is 0 Å². The molecule has 1 atom stereocenters. The van der Waals surface area contributed by atoms with Crippen LogP contribution in [-0.2, 0) is 14.1 Å². The summed E-state index contributed by atoms with van der Waals surface area (Å²) >= 11 is 5.98. The fraction of sp³-hybridized carbons (Fsp3) is 0.333. The molecule has 33 heavy (non-hydrogen) atoms. The second-order valence-corrected chi connectivity index (χ2v) is 9.04. The first kappa shape index (κ1) is 21.6. The average Bonchev–Trinajstić information content (AvgIpc) is 3.24. The minimum absolute atomic E-state index is 0.183. The third-order valence-corrected chi connectivity index (χ3v) is 6.64. The van der Waals surface area contributed by atoms with Crippen molar-refractivity contribution in [1.29, 1.82) is 0 Å². The molecular formula is C24H24ClFN6O. The first-order valence-corrected chi connectivity index (χ1v) is 11.3. The van der Waals surface area contributed by atoms with Gasteiger partial charge in [-0.3, -0.25) is 14.0 Å². The van der Waals surface area contributed by atoms with E-state index in [-0.39, 0.29) is 11.1 Å². The van der Waals surface area contributed by atoms with Gasteiger partial charge in [0.25, 0.3) is 5.56 Å². The smallest absolute Gasteiger partial charge is 0.261 e. The van der Waals surface area contributed by atoms with Crippen LogP contribution in [0, 0.1) is 12.7 Å². The average molecular weight is 467 g/mol. The number of aromatic nitrogens is 5. The number of rotatable bonds is 3. The van der Waals surface area contributed by atoms with E-state index in [1.807, 2.05) is 24.1 Å². The zero-order valence-corrected chi connectivity index (χ0v) is 19.5. The van der Waals surface area contributed by atoms with E-state index in [4.69, 9.17) is 16.6 Å². The molecule has 5 rings (SSSR count). The number of anilines is 1. The van der Waals surface area contributed by atoms with Crippen molar-refractivity contribution in [3.63, 3.8) is 0 Å². The van der Waals surface area contributed by atoms with Crippen molar-refractivity contribution in [3.8, 4) is 11.3 Å². The molecule has 1 aliphatic heterocycles. The van der Waals surface area contributed by atoms with Crippen molar-refractivity contribution < 1.29 is 4.39 Å². The van der Waals surface area contributed by atoms with Gasteiger partial charge in [-0.05, 0) is 49.6 Å². The summed E-state index contributed by atoms with van der Waals surface area (Å²) in [6.45, 7) is 3.30. The van der Waals surface area contributed by atoms with Crippen LogP contribution in [-0.4, -0.2) is 37.4 Å². The molecule has 1 aromatic carbocycles. The highest BCUT2D eigenvalue weighted by atomic mass is 35.5. The monoisotopic (exact) mass is 466 g/mol. The van der Waals surface area contributed by atoms with Gasteiger partial charge in [0.1, 0.15) is 28.7 Å². The lowest BCUT2D eigenvalue weighted by molar-refractivity contribution is 0.507. The third kappa shape index (κ3) is 3.88. The maximum Gasteiger partial charge on any atom is 0.261 e. The first-order valence-electron chi connectivity index (χ1n) is 10.9. The molecule has 0 N–H and O–H groups in total. The number of nitrogens with zero attached hydrogens (tertiary/aromatic N) is 6. The Kier molecular flexibility index (Phi) is 5.40. The highest BCUT2D eigenvalue weighted by Crippen LogP contribution is 2.34. The van der Waals surface area contributed by atoms with Crippen LogP contribution in [0.1, 0.15) is 30.1 Å². The number of halogens is 2. The quantitative estimate of drug-likeness (QED) is 0.452. The molecule has 0 radical (unpaired) electrons. The van der Waals surface area contributed by atoms with E-state index in [2.05, 4.69) is 15.0 Å². The van der Waals surface area contributed by atoms with Crippen LogP contribution >= 0.6 is 11.6 Å². The largest absolute Gasteiger partial charge is 0.356 e. The molecule has 9 heteroatoms. The van der Waals surface area contributed by atoms with Crippen molar-refractivity contribution in [3.05, 3.63) is 69.2 Å². The molecular weight excluding hydrogens is 443 g/mol. The number of fused-ring (bicyclic) bond motifs is 1. The molecule has 0 saturated carbocycles. The Hall–Kier alpha value is -3.26. The van der Waals surface area contributed by atoms with Crippen LogP contribution in [0.5, 0.6) is 0 Å².